The zero-order valence-electron chi connectivity index (χ0n) is 9.21. The van der Waals surface area contributed by atoms with Crippen LogP contribution in [0, 0.1) is 23.2 Å². The Morgan fingerprint density at radius 3 is 2.86 bits per heavy atom. The monoisotopic (exact) mass is 194 g/mol. The average molecular weight is 194 g/mol. The Kier molecular flexibility index (Phi) is 1.96. The summed E-state index contributed by atoms with van der Waals surface area (Å²) in [6.45, 7) is 2.44. The summed E-state index contributed by atoms with van der Waals surface area (Å²) in [5.74, 6) is 2.54. The minimum Gasteiger partial charge on any atom is -0.393 e. The summed E-state index contributed by atoms with van der Waals surface area (Å²) >= 11 is 0. The Labute approximate surface area is 86.9 Å². The van der Waals surface area contributed by atoms with Crippen molar-refractivity contribution in [2.75, 3.05) is 0 Å². The van der Waals surface area contributed by atoms with Crippen molar-refractivity contribution in [3.05, 3.63) is 0 Å². The largest absolute Gasteiger partial charge is 0.393 e. The highest BCUT2D eigenvalue weighted by atomic mass is 16.3. The van der Waals surface area contributed by atoms with Crippen molar-refractivity contribution in [1.82, 2.24) is 0 Å². The van der Waals surface area contributed by atoms with Crippen LogP contribution in [0.3, 0.4) is 0 Å². The first-order valence-corrected chi connectivity index (χ1v) is 6.39. The third kappa shape index (κ3) is 1.11. The maximum atomic E-state index is 10.0. The Bertz CT molecular complexity index is 233. The summed E-state index contributed by atoms with van der Waals surface area (Å²) in [6, 6.07) is 0. The van der Waals surface area contributed by atoms with Gasteiger partial charge in [-0.25, -0.2) is 0 Å². The molecule has 5 atom stereocenters. The summed E-state index contributed by atoms with van der Waals surface area (Å²) in [5, 5.41) is 10.0. The molecule has 1 N–H and O–H groups in total. The molecule has 0 aromatic rings. The first-order valence-electron chi connectivity index (χ1n) is 6.39. The van der Waals surface area contributed by atoms with Gasteiger partial charge in [-0.2, -0.15) is 0 Å². The molecule has 0 aromatic carbocycles. The van der Waals surface area contributed by atoms with Crippen LogP contribution in [0.2, 0.25) is 0 Å². The zero-order chi connectivity index (χ0) is 9.76. The van der Waals surface area contributed by atoms with Gasteiger partial charge in [-0.1, -0.05) is 19.8 Å². The predicted octanol–water partition coefficient (Wildman–Crippen LogP) is 2.97. The Morgan fingerprint density at radius 2 is 2.00 bits per heavy atom. The summed E-state index contributed by atoms with van der Waals surface area (Å²) < 4.78 is 0. The Morgan fingerprint density at radius 1 is 1.14 bits per heavy atom. The van der Waals surface area contributed by atoms with Crippen molar-refractivity contribution in [3.63, 3.8) is 0 Å². The third-order valence-corrected chi connectivity index (χ3v) is 5.48. The summed E-state index contributed by atoms with van der Waals surface area (Å²) in [4.78, 5) is 0. The van der Waals surface area contributed by atoms with Crippen LogP contribution in [-0.2, 0) is 0 Å². The van der Waals surface area contributed by atoms with E-state index in [2.05, 4.69) is 6.92 Å². The standard InChI is InChI=1S/C13H22O/c1-9-3-2-6-13-7-10(12(14)8-13)4-5-11(9)13/h9-12,14H,2-8H2,1H3/t9-,10?,11-,12?,13-/m0/s1. The van der Waals surface area contributed by atoms with Gasteiger partial charge in [0.1, 0.15) is 0 Å². The van der Waals surface area contributed by atoms with Gasteiger partial charge in [-0.3, -0.25) is 0 Å². The van der Waals surface area contributed by atoms with Crippen molar-refractivity contribution in [2.24, 2.45) is 23.2 Å². The van der Waals surface area contributed by atoms with E-state index >= 15 is 0 Å². The van der Waals surface area contributed by atoms with Crippen LogP contribution in [-0.4, -0.2) is 11.2 Å². The smallest absolute Gasteiger partial charge is 0.0574 e. The van der Waals surface area contributed by atoms with Gasteiger partial charge in [0.15, 0.2) is 0 Å². The van der Waals surface area contributed by atoms with E-state index in [1.165, 1.54) is 38.5 Å². The van der Waals surface area contributed by atoms with Crippen molar-refractivity contribution in [1.29, 1.82) is 0 Å². The van der Waals surface area contributed by atoms with Gasteiger partial charge in [0, 0.05) is 0 Å². The van der Waals surface area contributed by atoms with E-state index in [0.29, 0.717) is 11.3 Å². The fourth-order valence-corrected chi connectivity index (χ4v) is 4.88. The molecule has 0 saturated heterocycles. The van der Waals surface area contributed by atoms with Crippen LogP contribution < -0.4 is 0 Å². The number of fused-ring (bicyclic) bond motifs is 1. The fraction of sp³-hybridized carbons (Fsp3) is 1.00. The number of rotatable bonds is 0. The van der Waals surface area contributed by atoms with Crippen LogP contribution in [0.4, 0.5) is 0 Å². The van der Waals surface area contributed by atoms with Crippen LogP contribution in [0.15, 0.2) is 0 Å². The van der Waals surface area contributed by atoms with Gasteiger partial charge in [-0.15, -0.1) is 0 Å². The van der Waals surface area contributed by atoms with E-state index in [4.69, 9.17) is 0 Å². The number of hydrogen-bond acceptors (Lipinski definition) is 1. The highest BCUT2D eigenvalue weighted by molar-refractivity contribution is 5.04. The lowest BCUT2D eigenvalue weighted by atomic mass is 9.57. The Balaban J connectivity index is 1.90. The second-order valence-electron chi connectivity index (χ2n) is 6.15. The zero-order valence-corrected chi connectivity index (χ0v) is 9.21. The molecule has 1 heteroatoms. The van der Waals surface area contributed by atoms with Crippen LogP contribution in [0.5, 0.6) is 0 Å². The summed E-state index contributed by atoms with van der Waals surface area (Å²) in [5.41, 5.74) is 0.583. The van der Waals surface area contributed by atoms with Crippen molar-refractivity contribution >= 4 is 0 Å². The molecule has 1 nitrogen and oxygen atoms in total. The summed E-state index contributed by atoms with van der Waals surface area (Å²) in [6.07, 6.45) is 9.50. The molecule has 3 aliphatic rings. The van der Waals surface area contributed by atoms with Crippen LogP contribution >= 0.6 is 0 Å². The van der Waals surface area contributed by atoms with Crippen molar-refractivity contribution < 1.29 is 5.11 Å². The Hall–Kier alpha value is -0.0400. The van der Waals surface area contributed by atoms with Gasteiger partial charge in [0.25, 0.3) is 0 Å². The van der Waals surface area contributed by atoms with E-state index in [-0.39, 0.29) is 6.10 Å². The highest BCUT2D eigenvalue weighted by Gasteiger charge is 2.54. The minimum atomic E-state index is 0.0466. The molecule has 0 aromatic heterocycles. The molecule has 80 valence electrons. The number of hydrogen-bond donors (Lipinski definition) is 1. The summed E-state index contributed by atoms with van der Waals surface area (Å²) in [7, 11) is 0. The molecule has 0 aliphatic heterocycles. The van der Waals surface area contributed by atoms with E-state index in [1.54, 1.807) is 0 Å². The molecular formula is C13H22O. The van der Waals surface area contributed by atoms with Crippen LogP contribution in [0.1, 0.15) is 51.9 Å². The van der Waals surface area contributed by atoms with E-state index in [0.717, 1.165) is 18.3 Å². The quantitative estimate of drug-likeness (QED) is 0.628. The normalized spacial score (nSPS) is 57.0. The minimum absolute atomic E-state index is 0.0466. The van der Waals surface area contributed by atoms with Gasteiger partial charge < -0.3 is 5.11 Å². The first-order chi connectivity index (χ1) is 6.71. The molecule has 3 rings (SSSR count). The van der Waals surface area contributed by atoms with Crippen molar-refractivity contribution in [2.45, 2.75) is 58.0 Å². The lowest BCUT2D eigenvalue weighted by molar-refractivity contribution is 0.0206. The second kappa shape index (κ2) is 2.98. The fourth-order valence-electron chi connectivity index (χ4n) is 4.88. The predicted molar refractivity (Wildman–Crippen MR) is 56.9 cm³/mol. The van der Waals surface area contributed by atoms with Crippen LogP contribution in [0.25, 0.3) is 0 Å². The van der Waals surface area contributed by atoms with Gasteiger partial charge in [0.05, 0.1) is 6.10 Å². The maximum Gasteiger partial charge on any atom is 0.0574 e. The first kappa shape index (κ1) is 9.21. The average Bonchev–Trinajstić information content (AvgIpc) is 2.38. The molecular weight excluding hydrogens is 172 g/mol. The molecule has 3 fully saturated rings. The highest BCUT2D eigenvalue weighted by Crippen LogP contribution is 2.61. The second-order valence-corrected chi connectivity index (χ2v) is 6.15. The molecule has 0 radical (unpaired) electrons. The molecule has 3 aliphatic carbocycles. The van der Waals surface area contributed by atoms with Gasteiger partial charge in [-0.05, 0) is 55.3 Å². The third-order valence-electron chi connectivity index (χ3n) is 5.48. The molecule has 14 heavy (non-hydrogen) atoms. The molecule has 3 saturated carbocycles. The molecule has 2 unspecified atom stereocenters. The lowest BCUT2D eigenvalue weighted by Crippen LogP contribution is -2.38. The maximum absolute atomic E-state index is 10.0. The lowest BCUT2D eigenvalue weighted by Gasteiger charge is -2.48. The molecule has 2 bridgehead atoms. The van der Waals surface area contributed by atoms with Crippen molar-refractivity contribution in [3.8, 4) is 0 Å². The molecule has 0 heterocycles. The number of aliphatic hydroxyl groups is 1. The topological polar surface area (TPSA) is 20.2 Å². The molecule has 1 spiro atoms. The number of aliphatic hydroxyl groups excluding tert-OH is 1. The van der Waals surface area contributed by atoms with Gasteiger partial charge >= 0.3 is 0 Å². The van der Waals surface area contributed by atoms with E-state index < -0.39 is 0 Å². The van der Waals surface area contributed by atoms with E-state index in [1.807, 2.05) is 0 Å². The van der Waals surface area contributed by atoms with Gasteiger partial charge in [0.2, 0.25) is 0 Å². The van der Waals surface area contributed by atoms with E-state index in [9.17, 15) is 5.11 Å². The molecule has 0 amide bonds. The SMILES string of the molecule is C[C@H]1CCC[C@]23CC(O)C(CC[C@@H]12)C3.